The van der Waals surface area contributed by atoms with E-state index in [1.54, 1.807) is 11.3 Å². The summed E-state index contributed by atoms with van der Waals surface area (Å²) in [5.41, 5.74) is 1.03. The normalized spacial score (nSPS) is 11.1. The van der Waals surface area contributed by atoms with Gasteiger partial charge in [-0.3, -0.25) is 0 Å². The van der Waals surface area contributed by atoms with E-state index < -0.39 is 0 Å². The van der Waals surface area contributed by atoms with Crippen molar-refractivity contribution in [3.05, 3.63) is 33.7 Å². The Kier molecular flexibility index (Phi) is 2.98. The zero-order valence-corrected chi connectivity index (χ0v) is 9.59. The molecule has 4 heteroatoms. The highest BCUT2D eigenvalue weighted by Crippen LogP contribution is 2.32. The van der Waals surface area contributed by atoms with Gasteiger partial charge in [0, 0.05) is 20.5 Å². The van der Waals surface area contributed by atoms with Gasteiger partial charge in [-0.2, -0.15) is 0 Å². The highest BCUT2D eigenvalue weighted by Gasteiger charge is 2.06. The molecule has 1 heterocycles. The highest BCUT2D eigenvalue weighted by atomic mass is 35.5. The Morgan fingerprint density at radius 3 is 2.71 bits per heavy atom. The maximum atomic E-state index is 9.02. The summed E-state index contributed by atoms with van der Waals surface area (Å²) in [5, 5.41) is 10.8. The molecule has 0 saturated carbocycles. The fraction of sp³-hybridized carbons (Fsp3) is 0.200. The first-order valence-corrected chi connectivity index (χ1v) is 5.85. The van der Waals surface area contributed by atoms with Crippen molar-refractivity contribution in [2.75, 3.05) is 0 Å². The largest absolute Gasteiger partial charge is 0.391 e. The molecule has 1 aromatic carbocycles. The van der Waals surface area contributed by atoms with Gasteiger partial charge < -0.3 is 5.11 Å². The van der Waals surface area contributed by atoms with Crippen LogP contribution in [-0.2, 0) is 12.5 Å². The summed E-state index contributed by atoms with van der Waals surface area (Å²) in [4.78, 5) is 0.939. The minimum Gasteiger partial charge on any atom is -0.391 e. The molecule has 74 valence electrons. The molecular weight excluding hydrogens is 239 g/mol. The lowest BCUT2D eigenvalue weighted by Crippen LogP contribution is -1.77. The van der Waals surface area contributed by atoms with Gasteiger partial charge in [0.25, 0.3) is 0 Å². The molecule has 0 atom stereocenters. The van der Waals surface area contributed by atoms with Crippen molar-refractivity contribution in [1.29, 1.82) is 0 Å². The van der Waals surface area contributed by atoms with Crippen molar-refractivity contribution in [3.63, 3.8) is 0 Å². The van der Waals surface area contributed by atoms with Gasteiger partial charge >= 0.3 is 0 Å². The average Bonchev–Trinajstić information content (AvgIpc) is 2.59. The zero-order valence-electron chi connectivity index (χ0n) is 7.26. The van der Waals surface area contributed by atoms with Gasteiger partial charge in [0.05, 0.1) is 6.61 Å². The van der Waals surface area contributed by atoms with Crippen LogP contribution in [0.5, 0.6) is 0 Å². The second-order valence-electron chi connectivity index (χ2n) is 2.99. The van der Waals surface area contributed by atoms with Gasteiger partial charge in [0.2, 0.25) is 0 Å². The maximum absolute atomic E-state index is 9.02. The molecule has 0 aliphatic rings. The van der Waals surface area contributed by atoms with Crippen LogP contribution in [0.15, 0.2) is 18.2 Å². The zero-order chi connectivity index (χ0) is 10.1. The van der Waals surface area contributed by atoms with Crippen molar-refractivity contribution in [2.45, 2.75) is 12.5 Å². The summed E-state index contributed by atoms with van der Waals surface area (Å²) >= 11 is 13.3. The van der Waals surface area contributed by atoms with Crippen molar-refractivity contribution < 1.29 is 5.11 Å². The molecule has 0 amide bonds. The minimum atomic E-state index is 0.0681. The second-order valence-corrected chi connectivity index (χ2v) is 4.83. The number of hydrogen-bond acceptors (Lipinski definition) is 2. The van der Waals surface area contributed by atoms with Gasteiger partial charge in [-0.25, -0.2) is 0 Å². The number of fused-ring (bicyclic) bond motifs is 1. The molecule has 0 spiro atoms. The first-order chi connectivity index (χ1) is 6.74. The number of halogens is 2. The smallest absolute Gasteiger partial charge is 0.0774 e. The van der Waals surface area contributed by atoms with Crippen molar-refractivity contribution in [2.24, 2.45) is 0 Å². The van der Waals surface area contributed by atoms with Gasteiger partial charge in [0.1, 0.15) is 0 Å². The van der Waals surface area contributed by atoms with Crippen LogP contribution in [0.2, 0.25) is 5.02 Å². The van der Waals surface area contributed by atoms with Crippen LogP contribution in [0.3, 0.4) is 0 Å². The Balaban J connectivity index is 2.71. The van der Waals surface area contributed by atoms with Crippen LogP contribution in [0, 0.1) is 0 Å². The fourth-order valence-electron chi connectivity index (χ4n) is 1.42. The van der Waals surface area contributed by atoms with Crippen LogP contribution in [-0.4, -0.2) is 5.11 Å². The fourth-order valence-corrected chi connectivity index (χ4v) is 2.97. The van der Waals surface area contributed by atoms with Gasteiger partial charge in [-0.1, -0.05) is 11.6 Å². The Morgan fingerprint density at radius 2 is 2.07 bits per heavy atom. The number of alkyl halides is 1. The lowest BCUT2D eigenvalue weighted by molar-refractivity contribution is 0.285. The van der Waals surface area contributed by atoms with E-state index in [2.05, 4.69) is 0 Å². The topological polar surface area (TPSA) is 20.2 Å². The molecular formula is C10H8Cl2OS. The summed E-state index contributed by atoms with van der Waals surface area (Å²) in [6.45, 7) is 0.0681. The Bertz CT molecular complexity index is 464. The van der Waals surface area contributed by atoms with E-state index >= 15 is 0 Å². The maximum Gasteiger partial charge on any atom is 0.0774 e. The van der Waals surface area contributed by atoms with E-state index in [1.807, 2.05) is 18.2 Å². The lowest BCUT2D eigenvalue weighted by atomic mass is 10.2. The number of benzene rings is 1. The number of thiophene rings is 1. The molecule has 1 aromatic heterocycles. The molecule has 2 aromatic rings. The third-order valence-electron chi connectivity index (χ3n) is 2.01. The highest BCUT2D eigenvalue weighted by molar-refractivity contribution is 7.19. The molecule has 1 nitrogen and oxygen atoms in total. The molecule has 0 aliphatic heterocycles. The van der Waals surface area contributed by atoms with Crippen LogP contribution >= 0.6 is 34.5 Å². The molecule has 2 rings (SSSR count). The third kappa shape index (κ3) is 1.75. The molecule has 0 unspecified atom stereocenters. The predicted molar refractivity (Wildman–Crippen MR) is 62.3 cm³/mol. The number of hydrogen-bond donors (Lipinski definition) is 1. The standard InChI is InChI=1S/C10H8Cl2OS/c11-4-7-2-8(12)1-6-3-9(5-13)14-10(6)7/h1-3,13H,4-5H2. The molecule has 1 N–H and O–H groups in total. The van der Waals surface area contributed by atoms with E-state index in [4.69, 9.17) is 28.3 Å². The first kappa shape index (κ1) is 10.2. The summed E-state index contributed by atoms with van der Waals surface area (Å²) in [7, 11) is 0. The number of aliphatic hydroxyl groups is 1. The summed E-state index contributed by atoms with van der Waals surface area (Å²) in [6.07, 6.45) is 0. The third-order valence-corrected chi connectivity index (χ3v) is 3.73. The van der Waals surface area contributed by atoms with E-state index in [0.717, 1.165) is 20.5 Å². The molecule has 14 heavy (non-hydrogen) atoms. The van der Waals surface area contributed by atoms with E-state index in [1.165, 1.54) is 0 Å². The van der Waals surface area contributed by atoms with Crippen molar-refractivity contribution >= 4 is 44.6 Å². The van der Waals surface area contributed by atoms with Gasteiger partial charge in [-0.15, -0.1) is 22.9 Å². The first-order valence-electron chi connectivity index (χ1n) is 4.12. The SMILES string of the molecule is OCc1cc2cc(Cl)cc(CCl)c2s1. The Hall–Kier alpha value is -0.280. The van der Waals surface area contributed by atoms with E-state index in [-0.39, 0.29) is 6.61 Å². The Morgan fingerprint density at radius 1 is 1.29 bits per heavy atom. The molecule has 0 saturated heterocycles. The minimum absolute atomic E-state index is 0.0681. The molecule has 0 fully saturated rings. The summed E-state index contributed by atoms with van der Waals surface area (Å²) < 4.78 is 1.12. The van der Waals surface area contributed by atoms with Gasteiger partial charge in [-0.05, 0) is 29.1 Å². The van der Waals surface area contributed by atoms with Crippen molar-refractivity contribution in [1.82, 2.24) is 0 Å². The van der Waals surface area contributed by atoms with Crippen LogP contribution in [0.4, 0.5) is 0 Å². The average molecular weight is 247 g/mol. The summed E-state index contributed by atoms with van der Waals surface area (Å²) in [6, 6.07) is 5.71. The van der Waals surface area contributed by atoms with Crippen LogP contribution < -0.4 is 0 Å². The quantitative estimate of drug-likeness (QED) is 0.800. The molecule has 0 radical (unpaired) electrons. The van der Waals surface area contributed by atoms with Crippen LogP contribution in [0.25, 0.3) is 10.1 Å². The molecule has 0 aliphatic carbocycles. The van der Waals surface area contributed by atoms with E-state index in [0.29, 0.717) is 10.9 Å². The number of aliphatic hydroxyl groups excluding tert-OH is 1. The van der Waals surface area contributed by atoms with Crippen molar-refractivity contribution in [3.8, 4) is 0 Å². The molecule has 0 bridgehead atoms. The van der Waals surface area contributed by atoms with E-state index in [9.17, 15) is 0 Å². The monoisotopic (exact) mass is 246 g/mol. The number of rotatable bonds is 2. The predicted octanol–water partition coefficient (Wildman–Crippen LogP) is 3.79. The summed E-state index contributed by atoms with van der Waals surface area (Å²) in [5.74, 6) is 0.447. The van der Waals surface area contributed by atoms with Crippen LogP contribution in [0.1, 0.15) is 10.4 Å². The second kappa shape index (κ2) is 4.07. The lowest BCUT2D eigenvalue weighted by Gasteiger charge is -1.98. The Labute approximate surface area is 95.9 Å². The van der Waals surface area contributed by atoms with Gasteiger partial charge in [0.15, 0.2) is 0 Å².